The number of carbonyl (C=O) groups is 1. The van der Waals surface area contributed by atoms with Crippen LogP contribution >= 0.6 is 0 Å². The van der Waals surface area contributed by atoms with Crippen LogP contribution < -0.4 is 10.2 Å². The highest BCUT2D eigenvalue weighted by Gasteiger charge is 2.34. The molecule has 2 aromatic rings. The molecule has 0 aromatic heterocycles. The fourth-order valence-corrected chi connectivity index (χ4v) is 4.12. The van der Waals surface area contributed by atoms with Gasteiger partial charge in [-0.15, -0.1) is 0 Å². The smallest absolute Gasteiger partial charge is 0.251 e. The van der Waals surface area contributed by atoms with E-state index in [0.717, 1.165) is 38.0 Å². The van der Waals surface area contributed by atoms with Gasteiger partial charge in [-0.25, -0.2) is 0 Å². The third-order valence-electron chi connectivity index (χ3n) is 5.79. The first-order chi connectivity index (χ1) is 12.6. The highest BCUT2D eigenvalue weighted by molar-refractivity contribution is 5.95. The van der Waals surface area contributed by atoms with Crippen molar-refractivity contribution in [3.8, 4) is 0 Å². The Morgan fingerprint density at radius 3 is 2.46 bits per heavy atom. The maximum absolute atomic E-state index is 12.7. The van der Waals surface area contributed by atoms with Gasteiger partial charge in [-0.2, -0.15) is 0 Å². The molecule has 2 aliphatic rings. The van der Waals surface area contributed by atoms with E-state index in [4.69, 9.17) is 0 Å². The quantitative estimate of drug-likeness (QED) is 0.868. The predicted molar refractivity (Wildman–Crippen MR) is 103 cm³/mol. The number of fused-ring (bicyclic) bond motifs is 1. The van der Waals surface area contributed by atoms with Crippen molar-refractivity contribution < 1.29 is 9.90 Å². The number of carbonyl (C=O) groups excluding carboxylic acids is 1. The Kier molecular flexibility index (Phi) is 4.68. The van der Waals surface area contributed by atoms with E-state index in [9.17, 15) is 9.90 Å². The van der Waals surface area contributed by atoms with Crippen molar-refractivity contribution in [1.29, 1.82) is 0 Å². The van der Waals surface area contributed by atoms with Crippen LogP contribution in [0.3, 0.4) is 0 Å². The summed E-state index contributed by atoms with van der Waals surface area (Å²) in [5, 5.41) is 12.7. The number of aliphatic hydroxyl groups is 1. The number of hydrogen-bond acceptors (Lipinski definition) is 3. The lowest BCUT2D eigenvalue weighted by atomic mass is 9.76. The summed E-state index contributed by atoms with van der Waals surface area (Å²) in [6.45, 7) is 3.87. The molecular weight excluding hydrogens is 324 g/mol. The number of nitrogens with one attached hydrogen (secondary N) is 1. The van der Waals surface area contributed by atoms with Gasteiger partial charge < -0.3 is 15.3 Å². The molecule has 1 amide bonds. The first-order valence-corrected chi connectivity index (χ1v) is 9.54. The highest BCUT2D eigenvalue weighted by Crippen LogP contribution is 2.32. The first-order valence-electron chi connectivity index (χ1n) is 9.54. The van der Waals surface area contributed by atoms with Crippen molar-refractivity contribution in [2.24, 2.45) is 5.92 Å². The zero-order chi connectivity index (χ0) is 18.1. The minimum Gasteiger partial charge on any atom is -0.393 e. The molecule has 1 heterocycles. The molecule has 136 valence electrons. The molecule has 1 unspecified atom stereocenters. The van der Waals surface area contributed by atoms with Gasteiger partial charge in [0.1, 0.15) is 0 Å². The van der Waals surface area contributed by atoms with Crippen LogP contribution in [-0.4, -0.2) is 23.2 Å². The van der Waals surface area contributed by atoms with Crippen molar-refractivity contribution >= 4 is 11.6 Å². The topological polar surface area (TPSA) is 52.6 Å². The maximum Gasteiger partial charge on any atom is 0.251 e. The Balaban J connectivity index is 1.45. The molecule has 0 bridgehead atoms. The SMILES string of the molecule is CCC(NC(=O)c1cccc(N2Cc3ccccc3C2)c1)C1CC(O)C1. The summed E-state index contributed by atoms with van der Waals surface area (Å²) >= 11 is 0. The predicted octanol–water partition coefficient (Wildman–Crippen LogP) is 3.49. The maximum atomic E-state index is 12.7. The summed E-state index contributed by atoms with van der Waals surface area (Å²) in [5.41, 5.74) is 4.51. The normalized spacial score (nSPS) is 22.5. The highest BCUT2D eigenvalue weighted by atomic mass is 16.3. The van der Waals surface area contributed by atoms with E-state index in [1.165, 1.54) is 11.1 Å². The van der Waals surface area contributed by atoms with Crippen LogP contribution in [0.2, 0.25) is 0 Å². The zero-order valence-electron chi connectivity index (χ0n) is 15.2. The lowest BCUT2D eigenvalue weighted by molar-refractivity contribution is 0.0232. The summed E-state index contributed by atoms with van der Waals surface area (Å²) in [4.78, 5) is 15.0. The minimum atomic E-state index is -0.189. The molecule has 0 saturated heterocycles. The molecule has 4 heteroatoms. The number of anilines is 1. The molecule has 4 rings (SSSR count). The number of benzene rings is 2. The van der Waals surface area contributed by atoms with E-state index in [1.54, 1.807) is 0 Å². The molecule has 1 aliphatic carbocycles. The second-order valence-corrected chi connectivity index (χ2v) is 7.55. The van der Waals surface area contributed by atoms with Crippen LogP contribution in [0.5, 0.6) is 0 Å². The van der Waals surface area contributed by atoms with Gasteiger partial charge in [-0.3, -0.25) is 4.79 Å². The average molecular weight is 350 g/mol. The van der Waals surface area contributed by atoms with E-state index in [-0.39, 0.29) is 18.1 Å². The number of amides is 1. The fourth-order valence-electron chi connectivity index (χ4n) is 4.12. The van der Waals surface area contributed by atoms with Gasteiger partial charge in [0.25, 0.3) is 5.91 Å². The molecule has 2 N–H and O–H groups in total. The third-order valence-corrected chi connectivity index (χ3v) is 5.79. The van der Waals surface area contributed by atoms with Gasteiger partial charge in [0, 0.05) is 30.4 Å². The summed E-state index contributed by atoms with van der Waals surface area (Å²) < 4.78 is 0. The lowest BCUT2D eigenvalue weighted by Gasteiger charge is -2.37. The largest absolute Gasteiger partial charge is 0.393 e. The minimum absolute atomic E-state index is 0.0169. The molecule has 1 atom stereocenters. The molecule has 0 radical (unpaired) electrons. The van der Waals surface area contributed by atoms with E-state index in [0.29, 0.717) is 11.5 Å². The van der Waals surface area contributed by atoms with E-state index >= 15 is 0 Å². The molecule has 4 nitrogen and oxygen atoms in total. The molecule has 26 heavy (non-hydrogen) atoms. The monoisotopic (exact) mass is 350 g/mol. The molecular formula is C22H26N2O2. The van der Waals surface area contributed by atoms with Crippen LogP contribution in [0, 0.1) is 5.92 Å². The second-order valence-electron chi connectivity index (χ2n) is 7.55. The van der Waals surface area contributed by atoms with Crippen LogP contribution in [0.25, 0.3) is 0 Å². The second kappa shape index (κ2) is 7.12. The van der Waals surface area contributed by atoms with E-state index < -0.39 is 0 Å². The number of nitrogens with zero attached hydrogens (tertiary/aromatic N) is 1. The lowest BCUT2D eigenvalue weighted by Crippen LogP contribution is -2.46. The molecule has 1 saturated carbocycles. The van der Waals surface area contributed by atoms with E-state index in [1.807, 2.05) is 18.2 Å². The van der Waals surface area contributed by atoms with E-state index in [2.05, 4.69) is 47.5 Å². The van der Waals surface area contributed by atoms with Gasteiger partial charge in [-0.05, 0) is 54.5 Å². The summed E-state index contributed by atoms with van der Waals surface area (Å²) in [6, 6.07) is 16.5. The van der Waals surface area contributed by atoms with Gasteiger partial charge >= 0.3 is 0 Å². The first kappa shape index (κ1) is 17.1. The summed E-state index contributed by atoms with van der Waals surface area (Å²) in [6.07, 6.45) is 2.30. The average Bonchev–Trinajstić information content (AvgIpc) is 3.08. The van der Waals surface area contributed by atoms with Crippen LogP contribution in [0.15, 0.2) is 48.5 Å². The Hall–Kier alpha value is -2.33. The molecule has 0 spiro atoms. The van der Waals surface area contributed by atoms with Crippen LogP contribution in [0.1, 0.15) is 47.7 Å². The zero-order valence-corrected chi connectivity index (χ0v) is 15.2. The Labute approximate surface area is 154 Å². The number of hydrogen-bond donors (Lipinski definition) is 2. The van der Waals surface area contributed by atoms with Crippen molar-refractivity contribution in [1.82, 2.24) is 5.32 Å². The third kappa shape index (κ3) is 3.34. The van der Waals surface area contributed by atoms with Gasteiger partial charge in [-0.1, -0.05) is 37.3 Å². The molecule has 1 fully saturated rings. The fraction of sp³-hybridized carbons (Fsp3) is 0.409. The Morgan fingerprint density at radius 2 is 1.85 bits per heavy atom. The van der Waals surface area contributed by atoms with Crippen molar-refractivity contribution in [2.75, 3.05) is 4.90 Å². The van der Waals surface area contributed by atoms with Crippen LogP contribution in [0.4, 0.5) is 5.69 Å². The van der Waals surface area contributed by atoms with Crippen molar-refractivity contribution in [3.63, 3.8) is 0 Å². The molecule has 2 aromatic carbocycles. The van der Waals surface area contributed by atoms with Crippen LogP contribution in [-0.2, 0) is 13.1 Å². The van der Waals surface area contributed by atoms with Crippen molar-refractivity contribution in [3.05, 3.63) is 65.2 Å². The Bertz CT molecular complexity index is 773. The number of rotatable bonds is 5. The number of aliphatic hydroxyl groups excluding tert-OH is 1. The Morgan fingerprint density at radius 1 is 1.15 bits per heavy atom. The summed E-state index contributed by atoms with van der Waals surface area (Å²) in [5.74, 6) is 0.381. The van der Waals surface area contributed by atoms with Crippen molar-refractivity contribution in [2.45, 2.75) is 51.4 Å². The van der Waals surface area contributed by atoms with Gasteiger partial charge in [0.2, 0.25) is 0 Å². The van der Waals surface area contributed by atoms with Gasteiger partial charge in [0.05, 0.1) is 6.10 Å². The molecule has 1 aliphatic heterocycles. The van der Waals surface area contributed by atoms with Gasteiger partial charge in [0.15, 0.2) is 0 Å². The standard InChI is InChI=1S/C22H26N2O2/c1-2-21(18-11-20(25)12-18)23-22(26)15-8-5-9-19(10-15)24-13-16-6-3-4-7-17(16)14-24/h3-10,18,20-21,25H,2,11-14H2,1H3,(H,23,26). The summed E-state index contributed by atoms with van der Waals surface area (Å²) in [7, 11) is 0.